The van der Waals surface area contributed by atoms with Crippen molar-refractivity contribution in [3.63, 3.8) is 0 Å². The van der Waals surface area contributed by atoms with Crippen molar-refractivity contribution in [3.8, 4) is 0 Å². The molecule has 1 aromatic heterocycles. The number of aliphatic imine (C=N–C) groups is 1. The van der Waals surface area contributed by atoms with Gasteiger partial charge in [0.05, 0.1) is 6.54 Å². The van der Waals surface area contributed by atoms with Gasteiger partial charge in [0.1, 0.15) is 11.3 Å². The van der Waals surface area contributed by atoms with Gasteiger partial charge in [-0.2, -0.15) is 0 Å². The minimum absolute atomic E-state index is 0.661. The monoisotopic (exact) mass is 373 g/mol. The molecule has 1 saturated heterocycles. The fourth-order valence-corrected chi connectivity index (χ4v) is 3.35. The van der Waals surface area contributed by atoms with Crippen LogP contribution in [0.15, 0.2) is 39.7 Å². The lowest BCUT2D eigenvalue weighted by Gasteiger charge is -2.22. The van der Waals surface area contributed by atoms with Crippen LogP contribution in [0, 0.1) is 5.92 Å². The van der Waals surface area contributed by atoms with E-state index >= 15 is 0 Å². The fourth-order valence-electron chi connectivity index (χ4n) is 3.35. The van der Waals surface area contributed by atoms with E-state index in [-0.39, 0.29) is 0 Å². The molecule has 2 heterocycles. The Morgan fingerprint density at radius 2 is 2.11 bits per heavy atom. The number of furan rings is 1. The Labute approximate surface area is 161 Å². The molecular weight excluding hydrogens is 342 g/mol. The molecular formula is C21H31N3O3. The largest absolute Gasteiger partial charge is 0.459 e. The van der Waals surface area contributed by atoms with E-state index in [0.29, 0.717) is 12.5 Å². The van der Waals surface area contributed by atoms with Crippen LogP contribution in [0.1, 0.15) is 25.0 Å². The number of para-hydroxylation sites is 1. The number of nitrogens with zero attached hydrogens (tertiary/aromatic N) is 2. The van der Waals surface area contributed by atoms with Gasteiger partial charge in [0.15, 0.2) is 5.96 Å². The average molecular weight is 373 g/mol. The van der Waals surface area contributed by atoms with Crippen LogP contribution in [0.3, 0.4) is 0 Å². The average Bonchev–Trinajstić information content (AvgIpc) is 3.10. The van der Waals surface area contributed by atoms with E-state index in [2.05, 4.69) is 27.3 Å². The molecule has 148 valence electrons. The first-order chi connectivity index (χ1) is 13.3. The van der Waals surface area contributed by atoms with Crippen LogP contribution in [-0.2, 0) is 16.0 Å². The summed E-state index contributed by atoms with van der Waals surface area (Å²) in [7, 11) is 3.82. The first kappa shape index (κ1) is 19.7. The number of hydrogen-bond donors (Lipinski definition) is 1. The number of guanidine groups is 1. The highest BCUT2D eigenvalue weighted by Crippen LogP contribution is 2.19. The van der Waals surface area contributed by atoms with Crippen molar-refractivity contribution in [2.45, 2.75) is 25.8 Å². The predicted octanol–water partition coefficient (Wildman–Crippen LogP) is 3.27. The third-order valence-electron chi connectivity index (χ3n) is 4.89. The van der Waals surface area contributed by atoms with Gasteiger partial charge in [-0.05, 0) is 37.3 Å². The van der Waals surface area contributed by atoms with E-state index in [4.69, 9.17) is 13.9 Å². The quantitative estimate of drug-likeness (QED) is 0.437. The van der Waals surface area contributed by atoms with E-state index in [1.807, 2.05) is 25.2 Å². The second-order valence-electron chi connectivity index (χ2n) is 7.06. The van der Waals surface area contributed by atoms with Gasteiger partial charge >= 0.3 is 0 Å². The van der Waals surface area contributed by atoms with Crippen molar-refractivity contribution in [1.82, 2.24) is 10.2 Å². The van der Waals surface area contributed by atoms with Crippen LogP contribution >= 0.6 is 0 Å². The fraction of sp³-hybridized carbons (Fsp3) is 0.571. The lowest BCUT2D eigenvalue weighted by molar-refractivity contribution is 0.0203. The van der Waals surface area contributed by atoms with Crippen LogP contribution in [-0.4, -0.2) is 57.9 Å². The van der Waals surface area contributed by atoms with Gasteiger partial charge in [-0.3, -0.25) is 4.99 Å². The Hall–Kier alpha value is -2.05. The predicted molar refractivity (Wildman–Crippen MR) is 108 cm³/mol. The number of ether oxygens (including phenoxy) is 2. The summed E-state index contributed by atoms with van der Waals surface area (Å²) >= 11 is 0. The summed E-state index contributed by atoms with van der Waals surface area (Å²) in [4.78, 5) is 6.43. The molecule has 0 saturated carbocycles. The van der Waals surface area contributed by atoms with Crippen LogP contribution in [0.4, 0.5) is 0 Å². The smallest absolute Gasteiger partial charge is 0.193 e. The van der Waals surface area contributed by atoms with Gasteiger partial charge in [-0.25, -0.2) is 0 Å². The maximum absolute atomic E-state index is 5.90. The van der Waals surface area contributed by atoms with Crippen molar-refractivity contribution in [2.24, 2.45) is 10.9 Å². The molecule has 0 radical (unpaired) electrons. The normalized spacial score (nSPS) is 16.0. The lowest BCUT2D eigenvalue weighted by Crippen LogP contribution is -2.39. The number of hydrogen-bond acceptors (Lipinski definition) is 4. The van der Waals surface area contributed by atoms with E-state index in [9.17, 15) is 0 Å². The Kier molecular flexibility index (Phi) is 7.54. The van der Waals surface area contributed by atoms with E-state index < -0.39 is 0 Å². The van der Waals surface area contributed by atoms with E-state index in [0.717, 1.165) is 74.9 Å². The lowest BCUT2D eigenvalue weighted by atomic mass is 10.0. The number of fused-ring (bicyclic) bond motifs is 1. The van der Waals surface area contributed by atoms with Gasteiger partial charge in [-0.15, -0.1) is 0 Å². The van der Waals surface area contributed by atoms with Gasteiger partial charge < -0.3 is 24.1 Å². The van der Waals surface area contributed by atoms with Gasteiger partial charge in [0.2, 0.25) is 0 Å². The van der Waals surface area contributed by atoms with Gasteiger partial charge in [0.25, 0.3) is 0 Å². The molecule has 2 aromatic rings. The Bertz CT molecular complexity index is 689. The second kappa shape index (κ2) is 10.3. The second-order valence-corrected chi connectivity index (χ2v) is 7.06. The standard InChI is InChI=1S/C21H31N3O3/c1-22-21(23-10-5-11-26-16-17-8-12-25-13-9-17)24(2)15-19-14-18-6-3-4-7-20(18)27-19/h3-4,6-7,14,17H,5,8-13,15-16H2,1-2H3,(H,22,23). The molecule has 0 unspecified atom stereocenters. The van der Waals surface area contributed by atoms with Crippen LogP contribution in [0.25, 0.3) is 11.0 Å². The number of rotatable bonds is 8. The minimum atomic E-state index is 0.661. The molecule has 6 heteroatoms. The summed E-state index contributed by atoms with van der Waals surface area (Å²) in [6, 6.07) is 10.2. The number of nitrogens with one attached hydrogen (secondary N) is 1. The molecule has 1 aliphatic rings. The van der Waals surface area contributed by atoms with Crippen molar-refractivity contribution in [3.05, 3.63) is 36.1 Å². The molecule has 3 rings (SSSR count). The maximum Gasteiger partial charge on any atom is 0.193 e. The molecule has 27 heavy (non-hydrogen) atoms. The summed E-state index contributed by atoms with van der Waals surface area (Å²) in [6.45, 7) is 4.89. The third kappa shape index (κ3) is 5.97. The zero-order valence-electron chi connectivity index (χ0n) is 16.4. The Balaban J connectivity index is 1.35. The summed E-state index contributed by atoms with van der Waals surface area (Å²) in [5.74, 6) is 2.45. The van der Waals surface area contributed by atoms with Gasteiger partial charge in [0, 0.05) is 52.5 Å². The molecule has 1 aromatic carbocycles. The van der Waals surface area contributed by atoms with Crippen molar-refractivity contribution in [2.75, 3.05) is 47.1 Å². The highest BCUT2D eigenvalue weighted by Gasteiger charge is 2.13. The summed E-state index contributed by atoms with van der Waals surface area (Å²) in [5.41, 5.74) is 0.922. The molecule has 0 atom stereocenters. The van der Waals surface area contributed by atoms with E-state index in [1.165, 1.54) is 0 Å². The minimum Gasteiger partial charge on any atom is -0.459 e. The highest BCUT2D eigenvalue weighted by atomic mass is 16.5. The Morgan fingerprint density at radius 3 is 2.89 bits per heavy atom. The topological polar surface area (TPSA) is 59.2 Å². The molecule has 0 bridgehead atoms. The zero-order chi connectivity index (χ0) is 18.9. The summed E-state index contributed by atoms with van der Waals surface area (Å²) in [5, 5.41) is 4.53. The Morgan fingerprint density at radius 1 is 1.30 bits per heavy atom. The van der Waals surface area contributed by atoms with Crippen LogP contribution in [0.2, 0.25) is 0 Å². The maximum atomic E-state index is 5.90. The molecule has 1 aliphatic heterocycles. The van der Waals surface area contributed by atoms with Crippen molar-refractivity contribution < 1.29 is 13.9 Å². The molecule has 1 fully saturated rings. The molecule has 1 N–H and O–H groups in total. The molecule has 0 spiro atoms. The van der Waals surface area contributed by atoms with Crippen molar-refractivity contribution in [1.29, 1.82) is 0 Å². The van der Waals surface area contributed by atoms with Crippen LogP contribution < -0.4 is 5.32 Å². The SMILES string of the molecule is CN=C(NCCCOCC1CCOCC1)N(C)Cc1cc2ccccc2o1. The third-order valence-corrected chi connectivity index (χ3v) is 4.89. The summed E-state index contributed by atoms with van der Waals surface area (Å²) < 4.78 is 17.1. The highest BCUT2D eigenvalue weighted by molar-refractivity contribution is 5.80. The van der Waals surface area contributed by atoms with Crippen molar-refractivity contribution >= 4 is 16.9 Å². The molecule has 0 aliphatic carbocycles. The first-order valence-electron chi connectivity index (χ1n) is 9.81. The zero-order valence-corrected chi connectivity index (χ0v) is 16.4. The summed E-state index contributed by atoms with van der Waals surface area (Å²) in [6.07, 6.45) is 3.20. The van der Waals surface area contributed by atoms with E-state index in [1.54, 1.807) is 7.05 Å². The number of benzene rings is 1. The molecule has 6 nitrogen and oxygen atoms in total. The molecule has 0 amide bonds. The van der Waals surface area contributed by atoms with Gasteiger partial charge in [-0.1, -0.05) is 18.2 Å². The van der Waals surface area contributed by atoms with Crippen LogP contribution in [0.5, 0.6) is 0 Å². The first-order valence-corrected chi connectivity index (χ1v) is 9.81.